The lowest BCUT2D eigenvalue weighted by Gasteiger charge is -2.20. The first kappa shape index (κ1) is 20.6. The van der Waals surface area contributed by atoms with Crippen LogP contribution in [-0.2, 0) is 6.54 Å². The van der Waals surface area contributed by atoms with Gasteiger partial charge in [0.15, 0.2) is 5.13 Å². The van der Waals surface area contributed by atoms with Crippen LogP contribution in [0.15, 0.2) is 71.6 Å². The van der Waals surface area contributed by atoms with Gasteiger partial charge in [0.2, 0.25) is 0 Å². The topological polar surface area (TPSA) is 33.2 Å². The minimum absolute atomic E-state index is 0.0224. The Morgan fingerprint density at radius 1 is 1.03 bits per heavy atom. The van der Waals surface area contributed by atoms with E-state index in [2.05, 4.69) is 39.0 Å². The van der Waals surface area contributed by atoms with Crippen molar-refractivity contribution in [2.75, 3.05) is 10.7 Å². The summed E-state index contributed by atoms with van der Waals surface area (Å²) in [7, 11) is 0. The first-order valence-electron chi connectivity index (χ1n) is 10.0. The summed E-state index contributed by atoms with van der Waals surface area (Å²) in [6.45, 7) is 6.78. The van der Waals surface area contributed by atoms with Crippen molar-refractivity contribution >= 4 is 44.4 Å². The monoisotopic (exact) mass is 432 g/mol. The molecule has 0 aliphatic rings. The number of fused-ring (bicyclic) bond motifs is 1. The largest absolute Gasteiger partial charge is 0.279 e. The van der Waals surface area contributed by atoms with Crippen molar-refractivity contribution in [3.05, 3.63) is 89.0 Å². The molecule has 4 aromatic rings. The number of hydrogen-bond acceptors (Lipinski definition) is 4. The molecule has 0 unspecified atom stereocenters. The van der Waals surface area contributed by atoms with E-state index in [4.69, 9.17) is 4.98 Å². The molecule has 3 aromatic carbocycles. The van der Waals surface area contributed by atoms with Crippen molar-refractivity contribution in [1.82, 2.24) is 4.98 Å². The average Bonchev–Trinajstić information content (AvgIpc) is 3.17. The minimum Gasteiger partial charge on any atom is -0.279 e. The van der Waals surface area contributed by atoms with E-state index in [-0.39, 0.29) is 5.91 Å². The number of carbonyl (C=O) groups is 1. The molecule has 1 amide bonds. The van der Waals surface area contributed by atoms with Gasteiger partial charge >= 0.3 is 0 Å². The Morgan fingerprint density at radius 3 is 2.60 bits per heavy atom. The van der Waals surface area contributed by atoms with Crippen LogP contribution in [0.3, 0.4) is 0 Å². The SMILES string of the molecule is CCSc1cccc(C(=O)N(Cc2ccccc2)c2nc3c(C)cc(C)cc3s2)c1. The fourth-order valence-electron chi connectivity index (χ4n) is 3.51. The quantitative estimate of drug-likeness (QED) is 0.312. The van der Waals surface area contributed by atoms with Crippen LogP contribution in [0, 0.1) is 13.8 Å². The number of benzene rings is 3. The highest BCUT2D eigenvalue weighted by molar-refractivity contribution is 7.99. The third-order valence-electron chi connectivity index (χ3n) is 4.87. The summed E-state index contributed by atoms with van der Waals surface area (Å²) in [6.07, 6.45) is 0. The predicted octanol–water partition coefficient (Wildman–Crippen LogP) is 6.87. The van der Waals surface area contributed by atoms with Crippen molar-refractivity contribution < 1.29 is 4.79 Å². The molecule has 1 aromatic heterocycles. The number of amides is 1. The molecule has 0 bridgehead atoms. The Balaban J connectivity index is 1.77. The number of hydrogen-bond donors (Lipinski definition) is 0. The molecule has 0 atom stereocenters. The maximum absolute atomic E-state index is 13.6. The van der Waals surface area contributed by atoms with E-state index in [0.717, 1.165) is 37.1 Å². The van der Waals surface area contributed by atoms with Crippen molar-refractivity contribution in [1.29, 1.82) is 0 Å². The van der Waals surface area contributed by atoms with E-state index >= 15 is 0 Å². The van der Waals surface area contributed by atoms with Crippen LogP contribution in [0.2, 0.25) is 0 Å². The smallest absolute Gasteiger partial charge is 0.260 e. The number of carbonyl (C=O) groups excluding carboxylic acids is 1. The number of rotatable bonds is 6. The van der Waals surface area contributed by atoms with Gasteiger partial charge in [-0.15, -0.1) is 11.8 Å². The van der Waals surface area contributed by atoms with Gasteiger partial charge in [0.25, 0.3) is 5.91 Å². The molecule has 0 radical (unpaired) electrons. The van der Waals surface area contributed by atoms with Gasteiger partial charge in [-0.05, 0) is 60.6 Å². The molecule has 0 N–H and O–H groups in total. The molecule has 0 saturated heterocycles. The van der Waals surface area contributed by atoms with Crippen LogP contribution >= 0.6 is 23.1 Å². The molecule has 0 saturated carbocycles. The van der Waals surface area contributed by atoms with Gasteiger partial charge in [0.05, 0.1) is 16.8 Å². The Kier molecular flexibility index (Phi) is 6.21. The lowest BCUT2D eigenvalue weighted by Crippen LogP contribution is -2.30. The van der Waals surface area contributed by atoms with E-state index in [1.165, 1.54) is 5.56 Å². The van der Waals surface area contributed by atoms with Gasteiger partial charge in [0.1, 0.15) is 0 Å². The molecular formula is C25H24N2OS2. The number of anilines is 1. The molecular weight excluding hydrogens is 408 g/mol. The molecule has 4 rings (SSSR count). The van der Waals surface area contributed by atoms with E-state index in [0.29, 0.717) is 12.1 Å². The number of thiazole rings is 1. The summed E-state index contributed by atoms with van der Waals surface area (Å²) in [5.74, 6) is 0.952. The average molecular weight is 433 g/mol. The molecule has 152 valence electrons. The molecule has 5 heteroatoms. The zero-order valence-corrected chi connectivity index (χ0v) is 19.0. The second kappa shape index (κ2) is 9.02. The summed E-state index contributed by atoms with van der Waals surface area (Å²) in [5, 5.41) is 0.737. The lowest BCUT2D eigenvalue weighted by molar-refractivity contribution is 0.0985. The Hall–Kier alpha value is -2.63. The third-order valence-corrected chi connectivity index (χ3v) is 6.77. The highest BCUT2D eigenvalue weighted by atomic mass is 32.2. The predicted molar refractivity (Wildman–Crippen MR) is 129 cm³/mol. The van der Waals surface area contributed by atoms with Crippen LogP contribution < -0.4 is 4.90 Å². The molecule has 30 heavy (non-hydrogen) atoms. The molecule has 0 aliphatic heterocycles. The Morgan fingerprint density at radius 2 is 1.83 bits per heavy atom. The molecule has 0 fully saturated rings. The zero-order valence-electron chi connectivity index (χ0n) is 17.4. The van der Waals surface area contributed by atoms with Crippen LogP contribution in [0.1, 0.15) is 34.0 Å². The van der Waals surface area contributed by atoms with Crippen molar-refractivity contribution in [3.8, 4) is 0 Å². The fraction of sp³-hybridized carbons (Fsp3) is 0.200. The first-order chi connectivity index (χ1) is 14.5. The minimum atomic E-state index is -0.0224. The molecule has 0 aliphatic carbocycles. The van der Waals surface area contributed by atoms with E-state index in [1.54, 1.807) is 23.1 Å². The Labute approximate surface area is 185 Å². The number of aryl methyl sites for hydroxylation is 2. The third kappa shape index (κ3) is 4.42. The standard InChI is InChI=1S/C25H24N2OS2/c1-4-29-21-12-8-11-20(15-21)24(28)27(16-19-9-6-5-7-10-19)25-26-23-18(3)13-17(2)14-22(23)30-25/h5-15H,4,16H2,1-3H3. The molecule has 0 spiro atoms. The molecule has 1 heterocycles. The van der Waals surface area contributed by atoms with Gasteiger partial charge in [-0.2, -0.15) is 0 Å². The van der Waals surface area contributed by atoms with Gasteiger partial charge in [-0.3, -0.25) is 9.69 Å². The van der Waals surface area contributed by atoms with Crippen molar-refractivity contribution in [2.45, 2.75) is 32.2 Å². The molecule has 3 nitrogen and oxygen atoms in total. The summed E-state index contributed by atoms with van der Waals surface area (Å²) in [6, 6.07) is 22.3. The second-order valence-corrected chi connectivity index (χ2v) is 9.61. The maximum atomic E-state index is 13.6. The van der Waals surface area contributed by atoms with E-state index < -0.39 is 0 Å². The van der Waals surface area contributed by atoms with Crippen molar-refractivity contribution in [3.63, 3.8) is 0 Å². The van der Waals surface area contributed by atoms with Crippen LogP contribution in [-0.4, -0.2) is 16.6 Å². The van der Waals surface area contributed by atoms with Crippen LogP contribution in [0.4, 0.5) is 5.13 Å². The maximum Gasteiger partial charge on any atom is 0.260 e. The highest BCUT2D eigenvalue weighted by Gasteiger charge is 2.22. The van der Waals surface area contributed by atoms with Crippen molar-refractivity contribution in [2.24, 2.45) is 0 Å². The van der Waals surface area contributed by atoms with E-state index in [1.807, 2.05) is 53.4 Å². The summed E-state index contributed by atoms with van der Waals surface area (Å²) in [5.41, 5.74) is 5.09. The number of aromatic nitrogens is 1. The lowest BCUT2D eigenvalue weighted by atomic mass is 10.1. The normalized spacial score (nSPS) is 11.0. The number of nitrogens with zero attached hydrogens (tertiary/aromatic N) is 2. The van der Waals surface area contributed by atoms with Gasteiger partial charge in [-0.25, -0.2) is 4.98 Å². The summed E-state index contributed by atoms with van der Waals surface area (Å²) >= 11 is 3.32. The first-order valence-corrected chi connectivity index (χ1v) is 11.8. The van der Waals surface area contributed by atoms with Gasteiger partial charge in [0, 0.05) is 10.5 Å². The van der Waals surface area contributed by atoms with E-state index in [9.17, 15) is 4.79 Å². The fourth-order valence-corrected chi connectivity index (χ4v) is 5.37. The second-order valence-electron chi connectivity index (χ2n) is 7.26. The zero-order chi connectivity index (χ0) is 21.1. The van der Waals surface area contributed by atoms with Crippen LogP contribution in [0.5, 0.6) is 0 Å². The van der Waals surface area contributed by atoms with Gasteiger partial charge < -0.3 is 0 Å². The summed E-state index contributed by atoms with van der Waals surface area (Å²) < 4.78 is 1.11. The Bertz CT molecular complexity index is 1180. The summed E-state index contributed by atoms with van der Waals surface area (Å²) in [4.78, 5) is 21.4. The highest BCUT2D eigenvalue weighted by Crippen LogP contribution is 2.33. The van der Waals surface area contributed by atoms with Gasteiger partial charge in [-0.1, -0.05) is 60.7 Å². The number of thioether (sulfide) groups is 1. The van der Waals surface area contributed by atoms with Crippen LogP contribution in [0.25, 0.3) is 10.2 Å².